The number of hydrogen-bond acceptors (Lipinski definition) is 2. The van der Waals surface area contributed by atoms with Gasteiger partial charge in [-0.15, -0.1) is 0 Å². The molecule has 0 saturated heterocycles. The van der Waals surface area contributed by atoms with Gasteiger partial charge in [-0.3, -0.25) is 0 Å². The maximum atomic E-state index is 5.89. The Bertz CT molecular complexity index is 187. The Hall–Kier alpha value is -0.0800. The lowest BCUT2D eigenvalue weighted by molar-refractivity contribution is 0.0530. The molecule has 0 aliphatic heterocycles. The lowest BCUT2D eigenvalue weighted by Gasteiger charge is -2.22. The van der Waals surface area contributed by atoms with Gasteiger partial charge in [0.05, 0.1) is 6.10 Å². The first kappa shape index (κ1) is 12.4. The Morgan fingerprint density at radius 2 is 1.62 bits per heavy atom. The molecular weight excluding hydrogens is 200 g/mol. The lowest BCUT2D eigenvalue weighted by atomic mass is 9.90. The minimum absolute atomic E-state index is 0.503. The van der Waals surface area contributed by atoms with Crippen LogP contribution in [0.4, 0.5) is 0 Å². The molecule has 2 aliphatic carbocycles. The number of rotatable bonds is 5. The summed E-state index contributed by atoms with van der Waals surface area (Å²) < 4.78 is 11.3. The molecule has 94 valence electrons. The Morgan fingerprint density at radius 3 is 2.31 bits per heavy atom. The van der Waals surface area contributed by atoms with E-state index in [4.69, 9.17) is 9.47 Å². The Kier molecular flexibility index (Phi) is 5.11. The Balaban J connectivity index is 1.54. The first-order valence-electron chi connectivity index (χ1n) is 6.99. The fourth-order valence-corrected chi connectivity index (χ4v) is 3.15. The highest BCUT2D eigenvalue weighted by atomic mass is 16.5. The molecule has 2 rings (SSSR count). The summed E-state index contributed by atoms with van der Waals surface area (Å²) in [4.78, 5) is 0. The molecule has 2 aliphatic rings. The van der Waals surface area contributed by atoms with E-state index < -0.39 is 0 Å². The van der Waals surface area contributed by atoms with Gasteiger partial charge in [0.25, 0.3) is 0 Å². The molecule has 2 saturated carbocycles. The smallest absolute Gasteiger partial charge is 0.0575 e. The summed E-state index contributed by atoms with van der Waals surface area (Å²) in [5, 5.41) is 0. The van der Waals surface area contributed by atoms with E-state index in [1.807, 2.05) is 7.11 Å². The Morgan fingerprint density at radius 1 is 0.875 bits per heavy atom. The largest absolute Gasteiger partial charge is 0.381 e. The first-order valence-corrected chi connectivity index (χ1v) is 6.99. The molecule has 0 radical (unpaired) electrons. The molecule has 0 aromatic heterocycles. The van der Waals surface area contributed by atoms with Gasteiger partial charge < -0.3 is 9.47 Å². The topological polar surface area (TPSA) is 18.5 Å². The summed E-state index contributed by atoms with van der Waals surface area (Å²) in [6, 6.07) is 0. The molecule has 16 heavy (non-hydrogen) atoms. The third-order valence-corrected chi connectivity index (χ3v) is 4.26. The van der Waals surface area contributed by atoms with E-state index in [9.17, 15) is 0 Å². The molecule has 2 nitrogen and oxygen atoms in total. The highest BCUT2D eigenvalue weighted by Crippen LogP contribution is 2.28. The Labute approximate surface area is 99.7 Å². The van der Waals surface area contributed by atoms with Crippen LogP contribution in [0.5, 0.6) is 0 Å². The third kappa shape index (κ3) is 3.74. The van der Waals surface area contributed by atoms with E-state index in [1.54, 1.807) is 0 Å². The predicted molar refractivity (Wildman–Crippen MR) is 65.5 cm³/mol. The summed E-state index contributed by atoms with van der Waals surface area (Å²) in [6.07, 6.45) is 11.3. The van der Waals surface area contributed by atoms with Crippen LogP contribution >= 0.6 is 0 Å². The van der Waals surface area contributed by atoms with Crippen molar-refractivity contribution in [3.05, 3.63) is 0 Å². The standard InChI is InChI=1S/C14H26O2/c1-15-14-8-7-13(9-14)11-16-10-12-5-3-2-4-6-12/h12-14H,2-11H2,1H3/t13-,14?/m0/s1. The maximum absolute atomic E-state index is 5.89. The quantitative estimate of drug-likeness (QED) is 0.715. The molecule has 0 bridgehead atoms. The van der Waals surface area contributed by atoms with Crippen molar-refractivity contribution in [1.82, 2.24) is 0 Å². The molecule has 2 fully saturated rings. The van der Waals surface area contributed by atoms with Gasteiger partial charge in [0.15, 0.2) is 0 Å². The van der Waals surface area contributed by atoms with Crippen molar-refractivity contribution >= 4 is 0 Å². The van der Waals surface area contributed by atoms with Crippen molar-refractivity contribution in [2.24, 2.45) is 11.8 Å². The summed E-state index contributed by atoms with van der Waals surface area (Å²) in [5.74, 6) is 1.61. The number of hydrogen-bond donors (Lipinski definition) is 0. The predicted octanol–water partition coefficient (Wildman–Crippen LogP) is 3.40. The van der Waals surface area contributed by atoms with Gasteiger partial charge in [0.2, 0.25) is 0 Å². The van der Waals surface area contributed by atoms with Gasteiger partial charge >= 0.3 is 0 Å². The van der Waals surface area contributed by atoms with Gasteiger partial charge in [0.1, 0.15) is 0 Å². The van der Waals surface area contributed by atoms with Gasteiger partial charge in [-0.25, -0.2) is 0 Å². The maximum Gasteiger partial charge on any atom is 0.0575 e. The number of methoxy groups -OCH3 is 1. The molecule has 2 atom stereocenters. The molecule has 2 heteroatoms. The molecule has 0 amide bonds. The fourth-order valence-electron chi connectivity index (χ4n) is 3.15. The molecule has 0 spiro atoms. The van der Waals surface area contributed by atoms with E-state index in [-0.39, 0.29) is 0 Å². The minimum Gasteiger partial charge on any atom is -0.381 e. The van der Waals surface area contributed by atoms with Crippen molar-refractivity contribution < 1.29 is 9.47 Å². The highest BCUT2D eigenvalue weighted by Gasteiger charge is 2.24. The molecule has 1 unspecified atom stereocenters. The van der Waals surface area contributed by atoms with Gasteiger partial charge in [-0.1, -0.05) is 19.3 Å². The third-order valence-electron chi connectivity index (χ3n) is 4.26. The van der Waals surface area contributed by atoms with Crippen LogP contribution in [0.1, 0.15) is 51.4 Å². The van der Waals surface area contributed by atoms with Crippen LogP contribution in [0.3, 0.4) is 0 Å². The summed E-state index contributed by atoms with van der Waals surface area (Å²) >= 11 is 0. The van der Waals surface area contributed by atoms with Crippen LogP contribution < -0.4 is 0 Å². The van der Waals surface area contributed by atoms with E-state index >= 15 is 0 Å². The summed E-state index contributed by atoms with van der Waals surface area (Å²) in [5.41, 5.74) is 0. The van der Waals surface area contributed by atoms with Crippen molar-refractivity contribution in [2.45, 2.75) is 57.5 Å². The summed E-state index contributed by atoms with van der Waals surface area (Å²) in [6.45, 7) is 1.98. The van der Waals surface area contributed by atoms with Crippen LogP contribution in [0.15, 0.2) is 0 Å². The van der Waals surface area contributed by atoms with Crippen molar-refractivity contribution in [3.63, 3.8) is 0 Å². The van der Waals surface area contributed by atoms with Gasteiger partial charge in [-0.05, 0) is 43.9 Å². The molecule has 0 aromatic rings. The van der Waals surface area contributed by atoms with E-state index in [0.717, 1.165) is 25.0 Å². The van der Waals surface area contributed by atoms with Gasteiger partial charge in [-0.2, -0.15) is 0 Å². The monoisotopic (exact) mass is 226 g/mol. The second-order valence-corrected chi connectivity index (χ2v) is 5.58. The van der Waals surface area contributed by atoms with Crippen LogP contribution in [0, 0.1) is 11.8 Å². The van der Waals surface area contributed by atoms with Crippen molar-refractivity contribution in [1.29, 1.82) is 0 Å². The number of ether oxygens (including phenoxy) is 2. The average Bonchev–Trinajstić information content (AvgIpc) is 2.78. The van der Waals surface area contributed by atoms with Crippen LogP contribution in [-0.4, -0.2) is 26.4 Å². The summed E-state index contributed by atoms with van der Waals surface area (Å²) in [7, 11) is 1.83. The minimum atomic E-state index is 0.503. The van der Waals surface area contributed by atoms with E-state index in [2.05, 4.69) is 0 Å². The lowest BCUT2D eigenvalue weighted by Crippen LogP contribution is -2.16. The zero-order valence-electron chi connectivity index (χ0n) is 10.6. The second-order valence-electron chi connectivity index (χ2n) is 5.58. The van der Waals surface area contributed by atoms with E-state index in [0.29, 0.717) is 6.10 Å². The first-order chi connectivity index (χ1) is 7.88. The second kappa shape index (κ2) is 6.61. The van der Waals surface area contributed by atoms with E-state index in [1.165, 1.54) is 51.4 Å². The van der Waals surface area contributed by atoms with Gasteiger partial charge in [0, 0.05) is 20.3 Å². The van der Waals surface area contributed by atoms with Crippen LogP contribution in [0.2, 0.25) is 0 Å². The average molecular weight is 226 g/mol. The molecule has 0 heterocycles. The normalized spacial score (nSPS) is 32.1. The van der Waals surface area contributed by atoms with Crippen molar-refractivity contribution in [2.75, 3.05) is 20.3 Å². The fraction of sp³-hybridized carbons (Fsp3) is 1.00. The molecular formula is C14H26O2. The van der Waals surface area contributed by atoms with Crippen molar-refractivity contribution in [3.8, 4) is 0 Å². The molecule has 0 aromatic carbocycles. The molecule has 0 N–H and O–H groups in total. The SMILES string of the molecule is COC1CC[C@H](COCC2CCCCC2)C1. The zero-order valence-corrected chi connectivity index (χ0v) is 10.6. The highest BCUT2D eigenvalue weighted by molar-refractivity contribution is 4.75. The van der Waals surface area contributed by atoms with Crippen LogP contribution in [-0.2, 0) is 9.47 Å². The van der Waals surface area contributed by atoms with Crippen LogP contribution in [0.25, 0.3) is 0 Å². The zero-order chi connectivity index (χ0) is 11.2.